The molecule has 0 bridgehead atoms. The number of aromatic nitrogens is 3. The molecule has 4 nitrogen and oxygen atoms in total. The van der Waals surface area contributed by atoms with Crippen LogP contribution in [0.1, 0.15) is 11.1 Å². The van der Waals surface area contributed by atoms with Crippen LogP contribution in [0.5, 0.6) is 0 Å². The summed E-state index contributed by atoms with van der Waals surface area (Å²) in [6, 6.07) is 125. The maximum Gasteiger partial charge on any atom is 3.00 e. The zero-order chi connectivity index (χ0) is 62.1. The van der Waals surface area contributed by atoms with Crippen LogP contribution in [0.25, 0.3) is 123 Å². The van der Waals surface area contributed by atoms with Gasteiger partial charge in [0.2, 0.25) is 0 Å². The number of rotatable bonds is 14. The third kappa shape index (κ3) is 13.0. The fourth-order valence-electron chi connectivity index (χ4n) is 12.1. The first-order chi connectivity index (χ1) is 46.1. The standard InChI is InChI=1S/C89H57N4.Ir/c1-5-21-65(22-6-1)67-40-49-79(50-41-67)93(80-51-42-68(43-52-80)66-23-7-2-8-24-66)78-47-38-63(39-48-78)36-37-64-20-19-29-71(56-64)89-55-46-74(62-92-89)83-32-15-18-35-86(83)77-58-75(84-33-16-13-30-81(84)72-44-53-87(90-60-72)69-25-9-3-10-26-69)57-76(59-77)85-34-17-14-31-82(85)73-45-54-88(91-61-73)70-27-11-4-12-28-70;/h1-25,27,30-35,38-62H;/q-3;+3. The summed E-state index contributed by atoms with van der Waals surface area (Å²) in [5.74, 6) is 6.89. The van der Waals surface area contributed by atoms with Crippen LogP contribution in [-0.4, -0.2) is 15.0 Å². The van der Waals surface area contributed by atoms with Crippen molar-refractivity contribution in [2.45, 2.75) is 0 Å². The van der Waals surface area contributed by atoms with E-state index in [1.54, 1.807) is 0 Å². The molecule has 94 heavy (non-hydrogen) atoms. The molecule has 442 valence electrons. The van der Waals surface area contributed by atoms with Crippen LogP contribution in [0.2, 0.25) is 0 Å². The zero-order valence-electron chi connectivity index (χ0n) is 51.0. The van der Waals surface area contributed by atoms with Gasteiger partial charge in [-0.05, 0) is 173 Å². The maximum absolute atomic E-state index is 5.11. The molecule has 0 unspecified atom stereocenters. The first-order valence-electron chi connectivity index (χ1n) is 31.1. The van der Waals surface area contributed by atoms with E-state index in [9.17, 15) is 0 Å². The normalized spacial score (nSPS) is 10.8. The molecule has 0 aliphatic heterocycles. The van der Waals surface area contributed by atoms with E-state index in [4.69, 9.17) is 15.0 Å². The maximum atomic E-state index is 5.11. The van der Waals surface area contributed by atoms with Gasteiger partial charge in [0.25, 0.3) is 0 Å². The molecule has 0 spiro atoms. The first-order valence-corrected chi connectivity index (χ1v) is 31.1. The second-order valence-corrected chi connectivity index (χ2v) is 22.7. The topological polar surface area (TPSA) is 41.9 Å². The van der Waals surface area contributed by atoms with Gasteiger partial charge in [-0.25, -0.2) is 0 Å². The molecule has 3 heterocycles. The van der Waals surface area contributed by atoms with Gasteiger partial charge in [-0.15, -0.1) is 102 Å². The van der Waals surface area contributed by atoms with Crippen molar-refractivity contribution in [2.75, 3.05) is 4.90 Å². The van der Waals surface area contributed by atoms with Crippen molar-refractivity contribution in [2.24, 2.45) is 0 Å². The molecule has 0 amide bonds. The summed E-state index contributed by atoms with van der Waals surface area (Å²) in [7, 11) is 0. The molecular formula is C89H57IrN4. The van der Waals surface area contributed by atoms with Gasteiger partial charge in [0.15, 0.2) is 0 Å². The minimum absolute atomic E-state index is 0. The Hall–Kier alpha value is -11.9. The summed E-state index contributed by atoms with van der Waals surface area (Å²) >= 11 is 0. The molecule has 15 aromatic rings. The Kier molecular flexibility index (Phi) is 17.6. The Morgan fingerprint density at radius 2 is 0.553 bits per heavy atom. The van der Waals surface area contributed by atoms with Crippen molar-refractivity contribution in [3.05, 3.63) is 376 Å². The van der Waals surface area contributed by atoms with Crippen molar-refractivity contribution in [1.29, 1.82) is 0 Å². The predicted molar refractivity (Wildman–Crippen MR) is 383 cm³/mol. The number of hydrogen-bond donors (Lipinski definition) is 0. The second kappa shape index (κ2) is 27.7. The van der Waals surface area contributed by atoms with E-state index in [-0.39, 0.29) is 20.1 Å². The number of nitrogens with zero attached hydrogens (tertiary/aromatic N) is 4. The average Bonchev–Trinajstić information content (AvgIpc) is 0.904. The third-order valence-corrected chi connectivity index (χ3v) is 16.9. The van der Waals surface area contributed by atoms with Crippen molar-refractivity contribution < 1.29 is 20.1 Å². The second-order valence-electron chi connectivity index (χ2n) is 22.7. The van der Waals surface area contributed by atoms with E-state index in [0.29, 0.717) is 0 Å². The van der Waals surface area contributed by atoms with Gasteiger partial charge in [0, 0.05) is 41.2 Å². The van der Waals surface area contributed by atoms with Crippen LogP contribution in [0, 0.1) is 30.0 Å². The van der Waals surface area contributed by atoms with Gasteiger partial charge >= 0.3 is 20.1 Å². The average molecular weight is 1370 g/mol. The van der Waals surface area contributed by atoms with E-state index in [1.165, 1.54) is 22.3 Å². The number of hydrogen-bond acceptors (Lipinski definition) is 4. The largest absolute Gasteiger partial charge is 3.00 e. The van der Waals surface area contributed by atoms with Crippen LogP contribution in [-0.2, 0) is 20.1 Å². The number of pyridine rings is 3. The minimum atomic E-state index is 0. The molecule has 15 rings (SSSR count). The first kappa shape index (κ1) is 59.7. The third-order valence-electron chi connectivity index (χ3n) is 16.9. The van der Waals surface area contributed by atoms with E-state index in [2.05, 4.69) is 302 Å². The Morgan fingerprint density at radius 1 is 0.234 bits per heavy atom. The molecule has 0 radical (unpaired) electrons. The molecular weight excluding hydrogens is 1320 g/mol. The molecule has 12 aromatic carbocycles. The van der Waals surface area contributed by atoms with E-state index < -0.39 is 0 Å². The number of benzene rings is 12. The van der Waals surface area contributed by atoms with Gasteiger partial charge < -0.3 is 19.9 Å². The Labute approximate surface area is 563 Å². The van der Waals surface area contributed by atoms with Crippen LogP contribution < -0.4 is 4.90 Å². The summed E-state index contributed by atoms with van der Waals surface area (Å²) in [6.07, 6.45) is 5.92. The van der Waals surface area contributed by atoms with Gasteiger partial charge in [-0.2, -0.15) is 0 Å². The van der Waals surface area contributed by atoms with Gasteiger partial charge in [0.05, 0.1) is 0 Å². The quantitative estimate of drug-likeness (QED) is 0.0804. The van der Waals surface area contributed by atoms with Crippen LogP contribution in [0.15, 0.2) is 346 Å². The summed E-state index contributed by atoms with van der Waals surface area (Å²) in [4.78, 5) is 17.3. The van der Waals surface area contributed by atoms with Crippen molar-refractivity contribution in [3.8, 4) is 135 Å². The molecule has 0 fully saturated rings. The summed E-state index contributed by atoms with van der Waals surface area (Å²) in [5, 5.41) is 0. The monoisotopic (exact) mass is 1370 g/mol. The Balaban J connectivity index is 0.00000763. The van der Waals surface area contributed by atoms with Crippen molar-refractivity contribution >= 4 is 17.1 Å². The number of anilines is 3. The van der Waals surface area contributed by atoms with Crippen LogP contribution in [0.3, 0.4) is 0 Å². The zero-order valence-corrected chi connectivity index (χ0v) is 53.4. The fourth-order valence-corrected chi connectivity index (χ4v) is 12.1. The SMILES string of the molecule is C(#Cc1cc[c-]c(-c2ccc(-c3ccccc3-c3cc(-c4ccccc4-c4ccc(-c5[c-]cccc5)nc4)cc(-c4ccccc4-c4ccc(-c5[c-]cccc5)nc4)c3)cn2)c1)c1ccc(N(c2ccc(-c3ccccc3)cc2)c2ccc(-c3ccccc3)cc2)cc1.[Ir+3]. The predicted octanol–water partition coefficient (Wildman–Crippen LogP) is 22.5. The molecule has 0 saturated carbocycles. The van der Waals surface area contributed by atoms with Gasteiger partial charge in [-0.3, -0.25) is 0 Å². The van der Waals surface area contributed by atoms with Gasteiger partial charge in [-0.1, -0.05) is 212 Å². The molecule has 3 aromatic heterocycles. The van der Waals surface area contributed by atoms with Crippen molar-refractivity contribution in [1.82, 2.24) is 15.0 Å². The molecule has 0 atom stereocenters. The summed E-state index contributed by atoms with van der Waals surface area (Å²) in [5.41, 5.74) is 27.8. The molecule has 0 N–H and O–H groups in total. The molecule has 5 heteroatoms. The smallest absolute Gasteiger partial charge is 0.311 e. The minimum Gasteiger partial charge on any atom is -0.311 e. The summed E-state index contributed by atoms with van der Waals surface area (Å²) < 4.78 is 0. The molecule has 0 aliphatic rings. The van der Waals surface area contributed by atoms with E-state index in [1.807, 2.05) is 79.3 Å². The van der Waals surface area contributed by atoms with E-state index >= 15 is 0 Å². The van der Waals surface area contributed by atoms with E-state index in [0.717, 1.165) is 129 Å². The van der Waals surface area contributed by atoms with Crippen LogP contribution >= 0.6 is 0 Å². The van der Waals surface area contributed by atoms with Crippen LogP contribution in [0.4, 0.5) is 17.1 Å². The van der Waals surface area contributed by atoms with Gasteiger partial charge in [0.1, 0.15) is 0 Å². The fraction of sp³-hybridized carbons (Fsp3) is 0. The van der Waals surface area contributed by atoms with Crippen molar-refractivity contribution in [3.63, 3.8) is 0 Å². The molecule has 0 saturated heterocycles. The Bertz CT molecular complexity index is 4900. The molecule has 0 aliphatic carbocycles. The summed E-state index contributed by atoms with van der Waals surface area (Å²) in [6.45, 7) is 0. The Morgan fingerprint density at radius 3 is 0.926 bits per heavy atom.